The summed E-state index contributed by atoms with van der Waals surface area (Å²) < 4.78 is 1.72. The van der Waals surface area contributed by atoms with Crippen LogP contribution in [0.15, 0.2) is 47.9 Å². The summed E-state index contributed by atoms with van der Waals surface area (Å²) >= 11 is 0. The predicted molar refractivity (Wildman–Crippen MR) is 82.9 cm³/mol. The van der Waals surface area contributed by atoms with E-state index in [0.717, 1.165) is 16.8 Å². The molecular formula is C15H18N6. The maximum absolute atomic E-state index is 6.12. The molecule has 108 valence electrons. The van der Waals surface area contributed by atoms with Crippen molar-refractivity contribution in [1.82, 2.24) is 14.8 Å². The Balaban J connectivity index is 2.03. The van der Waals surface area contributed by atoms with E-state index in [2.05, 4.69) is 17.0 Å². The van der Waals surface area contributed by atoms with Crippen LogP contribution in [0, 0.1) is 6.92 Å². The summed E-state index contributed by atoms with van der Waals surface area (Å²) in [5, 5.41) is 5.64. The van der Waals surface area contributed by atoms with Gasteiger partial charge in [0.1, 0.15) is 6.17 Å². The van der Waals surface area contributed by atoms with Crippen molar-refractivity contribution < 1.29 is 0 Å². The van der Waals surface area contributed by atoms with E-state index in [-0.39, 0.29) is 0 Å². The molecule has 2 heterocycles. The summed E-state index contributed by atoms with van der Waals surface area (Å²) in [6, 6.07) is 8.14. The number of aromatic nitrogens is 2. The minimum absolute atomic E-state index is 0.483. The van der Waals surface area contributed by atoms with Crippen LogP contribution in [-0.4, -0.2) is 26.7 Å². The summed E-state index contributed by atoms with van der Waals surface area (Å²) in [7, 11) is 1.86. The molecule has 0 saturated carbocycles. The Hall–Kier alpha value is -2.44. The van der Waals surface area contributed by atoms with Gasteiger partial charge in [-0.2, -0.15) is 5.10 Å². The fourth-order valence-corrected chi connectivity index (χ4v) is 2.24. The second kappa shape index (κ2) is 5.16. The highest BCUT2D eigenvalue weighted by Gasteiger charge is 2.23. The molecule has 1 aliphatic rings. The predicted octanol–water partition coefficient (Wildman–Crippen LogP) is 0.990. The molecule has 1 aromatic heterocycles. The molecule has 2 aromatic rings. The smallest absolute Gasteiger partial charge is 0.135 e. The summed E-state index contributed by atoms with van der Waals surface area (Å²) in [5.41, 5.74) is 10.7. The molecule has 1 aromatic carbocycles. The largest absolute Gasteiger partial charge is 0.305 e. The maximum Gasteiger partial charge on any atom is 0.135 e. The molecule has 0 saturated heterocycles. The fraction of sp³-hybridized carbons (Fsp3) is 0.200. The van der Waals surface area contributed by atoms with Crippen molar-refractivity contribution in [2.24, 2.45) is 23.6 Å². The van der Waals surface area contributed by atoms with Crippen LogP contribution < -0.4 is 11.6 Å². The van der Waals surface area contributed by atoms with Gasteiger partial charge in [-0.05, 0) is 6.92 Å². The Morgan fingerprint density at radius 2 is 1.86 bits per heavy atom. The van der Waals surface area contributed by atoms with E-state index in [0.29, 0.717) is 5.71 Å². The van der Waals surface area contributed by atoms with Crippen molar-refractivity contribution >= 4 is 11.4 Å². The highest BCUT2D eigenvalue weighted by Crippen LogP contribution is 2.23. The van der Waals surface area contributed by atoms with E-state index in [1.807, 2.05) is 37.5 Å². The van der Waals surface area contributed by atoms with Crippen LogP contribution in [-0.2, 0) is 7.05 Å². The van der Waals surface area contributed by atoms with Gasteiger partial charge >= 0.3 is 0 Å². The molecule has 4 N–H and O–H groups in total. The number of nitrogens with zero attached hydrogens (tertiary/aromatic N) is 4. The zero-order valence-electron chi connectivity index (χ0n) is 12.1. The average Bonchev–Trinajstić information content (AvgIpc) is 2.89. The average molecular weight is 282 g/mol. The van der Waals surface area contributed by atoms with E-state index in [1.165, 1.54) is 10.6 Å². The summed E-state index contributed by atoms with van der Waals surface area (Å²) in [5.74, 6) is 5.99. The third-order valence-corrected chi connectivity index (χ3v) is 3.46. The van der Waals surface area contributed by atoms with E-state index < -0.39 is 6.17 Å². The minimum atomic E-state index is -0.483. The van der Waals surface area contributed by atoms with Crippen molar-refractivity contribution in [3.8, 4) is 0 Å². The van der Waals surface area contributed by atoms with Crippen molar-refractivity contribution in [3.63, 3.8) is 0 Å². The van der Waals surface area contributed by atoms with Gasteiger partial charge in [-0.25, -0.2) is 10.8 Å². The Labute approximate surface area is 123 Å². The lowest BCUT2D eigenvalue weighted by Gasteiger charge is -2.28. The van der Waals surface area contributed by atoms with Crippen LogP contribution in [0.25, 0.3) is 5.70 Å². The SMILES string of the molecule is Cc1ccc(C2=CN(N)C(N)C(c3cnn(C)c3)=N2)cc1. The second-order valence-corrected chi connectivity index (χ2v) is 5.17. The molecule has 3 rings (SSSR count). The topological polar surface area (TPSA) is 85.5 Å². The number of aliphatic imine (C=N–C) groups is 1. The highest BCUT2D eigenvalue weighted by molar-refractivity contribution is 6.07. The van der Waals surface area contributed by atoms with Gasteiger partial charge in [0.05, 0.1) is 17.6 Å². The van der Waals surface area contributed by atoms with Crippen molar-refractivity contribution in [2.45, 2.75) is 13.1 Å². The lowest BCUT2D eigenvalue weighted by atomic mass is 10.1. The van der Waals surface area contributed by atoms with Gasteiger partial charge in [-0.15, -0.1) is 0 Å². The van der Waals surface area contributed by atoms with Crippen LogP contribution in [0.4, 0.5) is 0 Å². The molecule has 0 aliphatic carbocycles. The Kier molecular flexibility index (Phi) is 3.32. The number of aryl methyl sites for hydroxylation is 2. The molecule has 0 spiro atoms. The van der Waals surface area contributed by atoms with Crippen LogP contribution >= 0.6 is 0 Å². The van der Waals surface area contributed by atoms with Gasteiger partial charge in [0, 0.05) is 30.6 Å². The molecule has 0 bridgehead atoms. The monoisotopic (exact) mass is 282 g/mol. The number of nitrogens with two attached hydrogens (primary N) is 2. The summed E-state index contributed by atoms with van der Waals surface area (Å²) in [4.78, 5) is 4.67. The molecule has 0 amide bonds. The molecule has 1 aliphatic heterocycles. The molecule has 1 unspecified atom stereocenters. The first kappa shape index (κ1) is 13.5. The van der Waals surface area contributed by atoms with Crippen molar-refractivity contribution in [2.75, 3.05) is 0 Å². The first-order valence-electron chi connectivity index (χ1n) is 6.69. The van der Waals surface area contributed by atoms with Crippen LogP contribution in [0.2, 0.25) is 0 Å². The first-order valence-corrected chi connectivity index (χ1v) is 6.69. The lowest BCUT2D eigenvalue weighted by Crippen LogP contribution is -2.50. The summed E-state index contributed by atoms with van der Waals surface area (Å²) in [6.45, 7) is 2.05. The van der Waals surface area contributed by atoms with Crippen molar-refractivity contribution in [3.05, 3.63) is 59.5 Å². The zero-order valence-corrected chi connectivity index (χ0v) is 12.1. The number of hydrogen-bond acceptors (Lipinski definition) is 5. The minimum Gasteiger partial charge on any atom is -0.305 e. The Morgan fingerprint density at radius 3 is 2.48 bits per heavy atom. The van der Waals surface area contributed by atoms with E-state index in [9.17, 15) is 0 Å². The molecule has 21 heavy (non-hydrogen) atoms. The quantitative estimate of drug-likeness (QED) is 0.804. The number of rotatable bonds is 2. The fourth-order valence-electron chi connectivity index (χ4n) is 2.24. The van der Waals surface area contributed by atoms with Crippen LogP contribution in [0.3, 0.4) is 0 Å². The molecule has 0 radical (unpaired) electrons. The molecular weight excluding hydrogens is 264 g/mol. The molecule has 1 atom stereocenters. The number of hydrazine groups is 1. The molecule has 6 heteroatoms. The van der Waals surface area contributed by atoms with Crippen molar-refractivity contribution in [1.29, 1.82) is 0 Å². The highest BCUT2D eigenvalue weighted by atomic mass is 15.5. The zero-order chi connectivity index (χ0) is 15.0. The molecule has 6 nitrogen and oxygen atoms in total. The van der Waals surface area contributed by atoms with Gasteiger partial charge in [-0.1, -0.05) is 29.8 Å². The lowest BCUT2D eigenvalue weighted by molar-refractivity contribution is 0.352. The van der Waals surface area contributed by atoms with Gasteiger partial charge < -0.3 is 5.73 Å². The second-order valence-electron chi connectivity index (χ2n) is 5.17. The maximum atomic E-state index is 6.12. The number of hydrogen-bond donors (Lipinski definition) is 2. The van der Waals surface area contributed by atoms with E-state index in [4.69, 9.17) is 11.6 Å². The van der Waals surface area contributed by atoms with Crippen LogP contribution in [0.5, 0.6) is 0 Å². The Bertz CT molecular complexity index is 710. The van der Waals surface area contributed by atoms with Crippen LogP contribution in [0.1, 0.15) is 16.7 Å². The Morgan fingerprint density at radius 1 is 1.14 bits per heavy atom. The van der Waals surface area contributed by atoms with Gasteiger partial charge in [-0.3, -0.25) is 9.69 Å². The standard InChI is InChI=1S/C15H18N6/c1-10-3-5-11(6-4-10)13-9-21(17)15(16)14(19-13)12-7-18-20(2)8-12/h3-9,15H,16-17H2,1-2H3. The van der Waals surface area contributed by atoms with Gasteiger partial charge in [0.25, 0.3) is 0 Å². The summed E-state index contributed by atoms with van der Waals surface area (Å²) in [6.07, 6.45) is 4.90. The normalized spacial score (nSPS) is 18.5. The first-order chi connectivity index (χ1) is 10.0. The van der Waals surface area contributed by atoms with Gasteiger partial charge in [0.2, 0.25) is 0 Å². The van der Waals surface area contributed by atoms with Gasteiger partial charge in [0.15, 0.2) is 0 Å². The molecule has 0 fully saturated rings. The third kappa shape index (κ3) is 2.58. The van der Waals surface area contributed by atoms with E-state index in [1.54, 1.807) is 17.1 Å². The van der Waals surface area contributed by atoms with E-state index >= 15 is 0 Å². The number of benzene rings is 1. The third-order valence-electron chi connectivity index (χ3n) is 3.46.